The molecule has 0 aliphatic rings. The number of rotatable bonds is 4. The lowest BCUT2D eigenvalue weighted by Crippen LogP contribution is -2.14. The van der Waals surface area contributed by atoms with E-state index in [2.05, 4.69) is 20.6 Å². The van der Waals surface area contributed by atoms with Crippen LogP contribution in [-0.2, 0) is 4.79 Å². The third-order valence-electron chi connectivity index (χ3n) is 2.86. The van der Waals surface area contributed by atoms with Crippen LogP contribution in [0, 0.1) is 0 Å². The quantitative estimate of drug-likeness (QED) is 0.810. The zero-order valence-electron chi connectivity index (χ0n) is 11.6. The predicted octanol–water partition coefficient (Wildman–Crippen LogP) is 2.55. The molecule has 1 heterocycles. The van der Waals surface area contributed by atoms with Crippen molar-refractivity contribution in [2.45, 2.75) is 19.9 Å². The summed E-state index contributed by atoms with van der Waals surface area (Å²) < 4.78 is 0. The second kappa shape index (κ2) is 6.41. The maximum Gasteiger partial charge on any atom is 0.271 e. The van der Waals surface area contributed by atoms with Gasteiger partial charge in [0.1, 0.15) is 5.02 Å². The highest BCUT2D eigenvalue weighted by atomic mass is 35.5. The van der Waals surface area contributed by atoms with Crippen molar-refractivity contribution in [3.05, 3.63) is 51.5 Å². The highest BCUT2D eigenvalue weighted by molar-refractivity contribution is 6.32. The molecule has 1 atom stereocenters. The Balaban J connectivity index is 2.20. The third kappa shape index (κ3) is 3.82. The molecule has 1 aromatic carbocycles. The largest absolute Gasteiger partial charge is 0.362 e. The Morgan fingerprint density at radius 2 is 2.19 bits per heavy atom. The van der Waals surface area contributed by atoms with Gasteiger partial charge in [0.2, 0.25) is 5.91 Å². The minimum Gasteiger partial charge on any atom is -0.362 e. The molecule has 21 heavy (non-hydrogen) atoms. The lowest BCUT2D eigenvalue weighted by molar-refractivity contribution is -0.114. The topological polar surface area (TPSA) is 86.9 Å². The molecule has 0 saturated carbocycles. The van der Waals surface area contributed by atoms with Crippen LogP contribution < -0.4 is 16.2 Å². The summed E-state index contributed by atoms with van der Waals surface area (Å²) in [5.41, 5.74) is 1.24. The summed E-state index contributed by atoms with van der Waals surface area (Å²) in [5.74, 6) is 0.185. The fourth-order valence-corrected chi connectivity index (χ4v) is 2.02. The number of amides is 1. The van der Waals surface area contributed by atoms with Gasteiger partial charge in [0.15, 0.2) is 5.82 Å². The van der Waals surface area contributed by atoms with Crippen molar-refractivity contribution in [2.24, 2.45) is 0 Å². The molecule has 0 bridgehead atoms. The molecule has 0 radical (unpaired) electrons. The van der Waals surface area contributed by atoms with Gasteiger partial charge in [-0.25, -0.2) is 4.98 Å². The number of benzene rings is 1. The van der Waals surface area contributed by atoms with Crippen molar-refractivity contribution in [3.63, 3.8) is 0 Å². The third-order valence-corrected chi connectivity index (χ3v) is 3.21. The highest BCUT2D eigenvalue weighted by Crippen LogP contribution is 2.23. The molecule has 0 fully saturated rings. The van der Waals surface area contributed by atoms with Crippen molar-refractivity contribution in [1.29, 1.82) is 0 Å². The Morgan fingerprint density at radius 3 is 2.90 bits per heavy atom. The molecule has 1 amide bonds. The smallest absolute Gasteiger partial charge is 0.271 e. The van der Waals surface area contributed by atoms with E-state index in [1.54, 1.807) is 6.07 Å². The van der Waals surface area contributed by atoms with Gasteiger partial charge in [-0.3, -0.25) is 9.59 Å². The molecule has 0 aliphatic heterocycles. The van der Waals surface area contributed by atoms with Crippen LogP contribution in [0.4, 0.5) is 11.5 Å². The zero-order chi connectivity index (χ0) is 15.4. The number of anilines is 2. The minimum absolute atomic E-state index is 0.0161. The number of hydrogen-bond acceptors (Lipinski definition) is 4. The average molecular weight is 307 g/mol. The molecule has 3 N–H and O–H groups in total. The first-order valence-electron chi connectivity index (χ1n) is 6.34. The molecular formula is C14H15ClN4O2. The summed E-state index contributed by atoms with van der Waals surface area (Å²) in [6.07, 6.45) is 1.29. The van der Waals surface area contributed by atoms with E-state index < -0.39 is 5.56 Å². The number of H-pyrrole nitrogens is 1. The summed E-state index contributed by atoms with van der Waals surface area (Å²) in [6.45, 7) is 3.36. The van der Waals surface area contributed by atoms with Crippen LogP contribution >= 0.6 is 11.6 Å². The number of aromatic amines is 1. The van der Waals surface area contributed by atoms with Crippen LogP contribution in [0.1, 0.15) is 25.5 Å². The van der Waals surface area contributed by atoms with E-state index in [-0.39, 0.29) is 17.0 Å². The zero-order valence-corrected chi connectivity index (χ0v) is 12.4. The maximum absolute atomic E-state index is 11.4. The van der Waals surface area contributed by atoms with E-state index in [9.17, 15) is 9.59 Å². The molecule has 1 unspecified atom stereocenters. The van der Waals surface area contributed by atoms with Gasteiger partial charge in [-0.05, 0) is 24.6 Å². The van der Waals surface area contributed by atoms with Crippen molar-refractivity contribution in [1.82, 2.24) is 9.97 Å². The fourth-order valence-electron chi connectivity index (χ4n) is 1.86. The van der Waals surface area contributed by atoms with Crippen LogP contribution in [0.5, 0.6) is 0 Å². The normalized spacial score (nSPS) is 11.8. The number of carbonyl (C=O) groups is 1. The van der Waals surface area contributed by atoms with Gasteiger partial charge in [-0.15, -0.1) is 0 Å². The molecule has 0 spiro atoms. The van der Waals surface area contributed by atoms with E-state index in [0.29, 0.717) is 11.5 Å². The first-order chi connectivity index (χ1) is 9.97. The van der Waals surface area contributed by atoms with Crippen molar-refractivity contribution in [3.8, 4) is 0 Å². The maximum atomic E-state index is 11.4. The number of carbonyl (C=O) groups excluding carboxylic acids is 1. The summed E-state index contributed by atoms with van der Waals surface area (Å²) >= 11 is 5.90. The predicted molar refractivity (Wildman–Crippen MR) is 82.7 cm³/mol. The first-order valence-corrected chi connectivity index (χ1v) is 6.72. The Labute approximate surface area is 126 Å². The molecule has 0 saturated heterocycles. The molecule has 110 valence electrons. The molecule has 7 heteroatoms. The van der Waals surface area contributed by atoms with Gasteiger partial charge in [0.25, 0.3) is 5.56 Å². The Hall–Kier alpha value is -2.34. The van der Waals surface area contributed by atoms with Gasteiger partial charge < -0.3 is 15.6 Å². The van der Waals surface area contributed by atoms with E-state index in [1.165, 1.54) is 13.3 Å². The monoisotopic (exact) mass is 306 g/mol. The fraction of sp³-hybridized carbons (Fsp3) is 0.214. The van der Waals surface area contributed by atoms with E-state index >= 15 is 0 Å². The summed E-state index contributed by atoms with van der Waals surface area (Å²) in [6, 6.07) is 7.26. The van der Waals surface area contributed by atoms with E-state index in [0.717, 1.165) is 5.56 Å². The van der Waals surface area contributed by atoms with Crippen LogP contribution in [0.25, 0.3) is 0 Å². The molecule has 2 rings (SSSR count). The molecule has 1 aromatic heterocycles. The first kappa shape index (κ1) is 15.1. The SMILES string of the molecule is CC(=O)Nc1cccc(C(C)Nc2nc[nH]c(=O)c2Cl)c1. The number of hydrogen-bond donors (Lipinski definition) is 3. The standard InChI is InChI=1S/C14H15ClN4O2/c1-8(18-13-12(15)14(21)17-7-16-13)10-4-3-5-11(6-10)19-9(2)20/h3-8H,1-2H3,(H,19,20)(H2,16,17,18,21). The second-order valence-electron chi connectivity index (χ2n) is 4.57. The van der Waals surface area contributed by atoms with Crippen LogP contribution in [-0.4, -0.2) is 15.9 Å². The van der Waals surface area contributed by atoms with Gasteiger partial charge in [0, 0.05) is 12.6 Å². The Morgan fingerprint density at radius 1 is 1.43 bits per heavy atom. The van der Waals surface area contributed by atoms with Crippen molar-refractivity contribution < 1.29 is 4.79 Å². The number of nitrogens with zero attached hydrogens (tertiary/aromatic N) is 1. The number of halogens is 1. The van der Waals surface area contributed by atoms with Crippen molar-refractivity contribution >= 4 is 29.0 Å². The van der Waals surface area contributed by atoms with Gasteiger partial charge in [-0.1, -0.05) is 23.7 Å². The van der Waals surface area contributed by atoms with Crippen molar-refractivity contribution in [2.75, 3.05) is 10.6 Å². The summed E-state index contributed by atoms with van der Waals surface area (Å²) in [7, 11) is 0. The van der Waals surface area contributed by atoms with Gasteiger partial charge >= 0.3 is 0 Å². The Bertz CT molecular complexity index is 714. The van der Waals surface area contributed by atoms with Gasteiger partial charge in [0.05, 0.1) is 12.4 Å². The van der Waals surface area contributed by atoms with E-state index in [1.807, 2.05) is 25.1 Å². The lowest BCUT2D eigenvalue weighted by atomic mass is 10.1. The summed E-state index contributed by atoms with van der Waals surface area (Å²) in [4.78, 5) is 28.9. The molecule has 2 aromatic rings. The highest BCUT2D eigenvalue weighted by Gasteiger charge is 2.11. The molecule has 6 nitrogen and oxygen atoms in total. The lowest BCUT2D eigenvalue weighted by Gasteiger charge is -2.16. The minimum atomic E-state index is -0.395. The van der Waals surface area contributed by atoms with Gasteiger partial charge in [-0.2, -0.15) is 0 Å². The number of aromatic nitrogens is 2. The van der Waals surface area contributed by atoms with Crippen LogP contribution in [0.3, 0.4) is 0 Å². The van der Waals surface area contributed by atoms with E-state index in [4.69, 9.17) is 11.6 Å². The summed E-state index contributed by atoms with van der Waals surface area (Å²) in [5, 5.41) is 5.81. The second-order valence-corrected chi connectivity index (χ2v) is 4.94. The average Bonchev–Trinajstić information content (AvgIpc) is 2.43. The molecule has 0 aliphatic carbocycles. The Kier molecular flexibility index (Phi) is 4.59. The van der Waals surface area contributed by atoms with Crippen LogP contribution in [0.15, 0.2) is 35.4 Å². The number of nitrogens with one attached hydrogen (secondary N) is 3. The molecular weight excluding hydrogens is 292 g/mol. The van der Waals surface area contributed by atoms with Crippen LogP contribution in [0.2, 0.25) is 5.02 Å².